The predicted octanol–water partition coefficient (Wildman–Crippen LogP) is 2.40. The Morgan fingerprint density at radius 3 is 3.08 bits per heavy atom. The molecule has 2 aromatic rings. The second-order valence-electron chi connectivity index (χ2n) is 2.35. The van der Waals surface area contributed by atoms with Crippen LogP contribution in [0, 0.1) is 0 Å². The van der Waals surface area contributed by atoms with Gasteiger partial charge in [0.15, 0.2) is 10.2 Å². The Bertz CT molecular complexity index is 436. The summed E-state index contributed by atoms with van der Waals surface area (Å²) in [5.41, 5.74) is 1.21. The molecule has 2 rings (SSSR count). The molecule has 0 unspecified atom stereocenters. The minimum absolute atomic E-state index is 0.589. The van der Waals surface area contributed by atoms with E-state index in [1.165, 1.54) is 0 Å². The van der Waals surface area contributed by atoms with Crippen LogP contribution in [0.3, 0.4) is 0 Å². The van der Waals surface area contributed by atoms with Crippen molar-refractivity contribution in [3.8, 4) is 0 Å². The van der Waals surface area contributed by atoms with Gasteiger partial charge in [-0.25, -0.2) is 0 Å². The molecule has 3 nitrogen and oxygen atoms in total. The molecule has 0 N–H and O–H groups in total. The van der Waals surface area contributed by atoms with E-state index in [1.54, 1.807) is 18.2 Å². The Labute approximate surface area is 76.5 Å². The second-order valence-corrected chi connectivity index (χ2v) is 3.10. The molecule has 60 valence electrons. The highest BCUT2D eigenvalue weighted by molar-refractivity contribution is 9.10. The average Bonchev–Trinajstić information content (AvgIpc) is 2.47. The summed E-state index contributed by atoms with van der Waals surface area (Å²) in [6.07, 6.45) is 0.774. The molecule has 4 heteroatoms. The Balaban J connectivity index is 2.77. The van der Waals surface area contributed by atoms with Crippen LogP contribution in [0.5, 0.6) is 0 Å². The topological polar surface area (TPSA) is 43.1 Å². The van der Waals surface area contributed by atoms with Crippen LogP contribution in [-0.2, 0) is 0 Å². The highest BCUT2D eigenvalue weighted by Gasteiger charge is 2.04. The molecule has 0 spiro atoms. The lowest BCUT2D eigenvalue weighted by atomic mass is 10.2. The van der Waals surface area contributed by atoms with Gasteiger partial charge in [-0.2, -0.15) is 0 Å². The number of fused-ring (bicyclic) bond motifs is 1. The van der Waals surface area contributed by atoms with E-state index in [1.807, 2.05) is 0 Å². The number of carbonyl (C=O) groups is 1. The molecule has 0 aliphatic carbocycles. The third kappa shape index (κ3) is 1.04. The van der Waals surface area contributed by atoms with Gasteiger partial charge in [-0.15, -0.1) is 0 Å². The minimum atomic E-state index is 0.589. The van der Waals surface area contributed by atoms with Crippen molar-refractivity contribution in [2.75, 3.05) is 0 Å². The fraction of sp³-hybridized carbons (Fsp3) is 0. The van der Waals surface area contributed by atoms with Gasteiger partial charge in [-0.1, -0.05) is 11.2 Å². The van der Waals surface area contributed by atoms with Gasteiger partial charge in [-0.3, -0.25) is 4.79 Å². The molecule has 0 atom stereocenters. The summed E-state index contributed by atoms with van der Waals surface area (Å²) in [5, 5.41) is 4.57. The van der Waals surface area contributed by atoms with Gasteiger partial charge in [0.1, 0.15) is 6.29 Å². The highest BCUT2D eigenvalue weighted by Crippen LogP contribution is 2.23. The predicted molar refractivity (Wildman–Crippen MR) is 47.1 cm³/mol. The van der Waals surface area contributed by atoms with E-state index in [0.717, 1.165) is 11.7 Å². The molecule has 0 bridgehead atoms. The summed E-state index contributed by atoms with van der Waals surface area (Å²) in [6, 6.07) is 5.16. The number of rotatable bonds is 1. The molecule has 0 aliphatic heterocycles. The summed E-state index contributed by atoms with van der Waals surface area (Å²) in [7, 11) is 0. The van der Waals surface area contributed by atoms with E-state index in [2.05, 4.69) is 21.1 Å². The fourth-order valence-corrected chi connectivity index (χ4v) is 1.40. The number of halogens is 1. The van der Waals surface area contributed by atoms with E-state index < -0.39 is 0 Å². The SMILES string of the molecule is O=Cc1ccc2c(Br)noc2c1. The number of benzene rings is 1. The molecule has 0 amide bonds. The van der Waals surface area contributed by atoms with Crippen molar-refractivity contribution in [1.29, 1.82) is 0 Å². The van der Waals surface area contributed by atoms with Crippen molar-refractivity contribution in [3.63, 3.8) is 0 Å². The van der Waals surface area contributed by atoms with Crippen LogP contribution in [0.2, 0.25) is 0 Å². The average molecular weight is 226 g/mol. The molecule has 1 heterocycles. The number of aldehydes is 1. The molecule has 0 aliphatic rings. The van der Waals surface area contributed by atoms with Crippen molar-refractivity contribution >= 4 is 33.2 Å². The Kier molecular flexibility index (Phi) is 1.69. The fourth-order valence-electron chi connectivity index (χ4n) is 0.997. The maximum Gasteiger partial charge on any atom is 0.168 e. The summed E-state index contributed by atoms with van der Waals surface area (Å²) in [5.74, 6) is 0. The Hall–Kier alpha value is -1.16. The smallest absolute Gasteiger partial charge is 0.168 e. The van der Waals surface area contributed by atoms with Gasteiger partial charge < -0.3 is 4.52 Å². The standard InChI is InChI=1S/C8H4BrNO2/c9-8-6-2-1-5(4-11)3-7(6)12-10-8/h1-4H. The zero-order valence-corrected chi connectivity index (χ0v) is 7.54. The Morgan fingerprint density at radius 2 is 2.33 bits per heavy atom. The van der Waals surface area contributed by atoms with Crippen LogP contribution in [0.1, 0.15) is 10.4 Å². The molecule has 0 fully saturated rings. The van der Waals surface area contributed by atoms with Crippen molar-refractivity contribution in [3.05, 3.63) is 28.4 Å². The van der Waals surface area contributed by atoms with Gasteiger partial charge in [0, 0.05) is 5.56 Å². The van der Waals surface area contributed by atoms with E-state index in [-0.39, 0.29) is 0 Å². The largest absolute Gasteiger partial charge is 0.355 e. The maximum absolute atomic E-state index is 10.4. The van der Waals surface area contributed by atoms with Crippen LogP contribution in [-0.4, -0.2) is 11.4 Å². The van der Waals surface area contributed by atoms with Crippen LogP contribution >= 0.6 is 15.9 Å². The summed E-state index contributed by atoms with van der Waals surface area (Å²) < 4.78 is 5.60. The number of aromatic nitrogens is 1. The van der Waals surface area contributed by atoms with Crippen molar-refractivity contribution in [2.24, 2.45) is 0 Å². The lowest BCUT2D eigenvalue weighted by molar-refractivity contribution is 0.112. The van der Waals surface area contributed by atoms with Crippen molar-refractivity contribution in [1.82, 2.24) is 5.16 Å². The minimum Gasteiger partial charge on any atom is -0.355 e. The summed E-state index contributed by atoms with van der Waals surface area (Å²) in [6.45, 7) is 0. The third-order valence-corrected chi connectivity index (χ3v) is 2.16. The van der Waals surface area contributed by atoms with E-state index >= 15 is 0 Å². The molecule has 1 aromatic heterocycles. The number of nitrogens with zero attached hydrogens (tertiary/aromatic N) is 1. The molecule has 12 heavy (non-hydrogen) atoms. The molecular weight excluding hydrogens is 222 g/mol. The second kappa shape index (κ2) is 2.71. The van der Waals surface area contributed by atoms with Gasteiger partial charge in [0.2, 0.25) is 0 Å². The first kappa shape index (κ1) is 7.49. The first-order chi connectivity index (χ1) is 5.81. The third-order valence-electron chi connectivity index (χ3n) is 1.59. The quantitative estimate of drug-likeness (QED) is 0.701. The van der Waals surface area contributed by atoms with E-state index in [9.17, 15) is 4.79 Å². The van der Waals surface area contributed by atoms with E-state index in [0.29, 0.717) is 15.7 Å². The van der Waals surface area contributed by atoms with Crippen molar-refractivity contribution in [2.45, 2.75) is 0 Å². The summed E-state index contributed by atoms with van der Waals surface area (Å²) >= 11 is 3.22. The molecule has 0 saturated carbocycles. The number of hydrogen-bond donors (Lipinski definition) is 0. The van der Waals surface area contributed by atoms with Crippen LogP contribution in [0.25, 0.3) is 11.0 Å². The monoisotopic (exact) mass is 225 g/mol. The lowest BCUT2D eigenvalue weighted by Crippen LogP contribution is -1.76. The molecule has 1 aromatic carbocycles. The summed E-state index contributed by atoms with van der Waals surface area (Å²) in [4.78, 5) is 10.4. The number of carbonyl (C=O) groups excluding carboxylic acids is 1. The zero-order valence-electron chi connectivity index (χ0n) is 5.95. The maximum atomic E-state index is 10.4. The van der Waals surface area contributed by atoms with Crippen molar-refractivity contribution < 1.29 is 9.32 Å². The van der Waals surface area contributed by atoms with E-state index in [4.69, 9.17) is 4.52 Å². The van der Waals surface area contributed by atoms with Crippen LogP contribution in [0.15, 0.2) is 27.3 Å². The molecular formula is C8H4BrNO2. The Morgan fingerprint density at radius 1 is 1.50 bits per heavy atom. The van der Waals surface area contributed by atoms with Gasteiger partial charge >= 0.3 is 0 Å². The highest BCUT2D eigenvalue weighted by atomic mass is 79.9. The van der Waals surface area contributed by atoms with Crippen LogP contribution in [0.4, 0.5) is 0 Å². The normalized spacial score (nSPS) is 10.4. The van der Waals surface area contributed by atoms with Crippen LogP contribution < -0.4 is 0 Å². The lowest BCUT2D eigenvalue weighted by Gasteiger charge is -1.87. The molecule has 0 radical (unpaired) electrons. The number of hydrogen-bond acceptors (Lipinski definition) is 3. The van der Waals surface area contributed by atoms with Gasteiger partial charge in [0.05, 0.1) is 5.39 Å². The van der Waals surface area contributed by atoms with Gasteiger partial charge in [-0.05, 0) is 28.1 Å². The first-order valence-corrected chi connectivity index (χ1v) is 4.10. The van der Waals surface area contributed by atoms with Gasteiger partial charge in [0.25, 0.3) is 0 Å². The zero-order chi connectivity index (χ0) is 8.55. The molecule has 0 saturated heterocycles. The first-order valence-electron chi connectivity index (χ1n) is 3.31.